The Morgan fingerprint density at radius 1 is 1.26 bits per heavy atom. The van der Waals surface area contributed by atoms with Gasteiger partial charge in [-0.25, -0.2) is 0 Å². The van der Waals surface area contributed by atoms with Crippen molar-refractivity contribution >= 4 is 11.0 Å². The number of nitrogens with one attached hydrogen (secondary N) is 2. The van der Waals surface area contributed by atoms with Crippen molar-refractivity contribution in [1.29, 1.82) is 0 Å². The van der Waals surface area contributed by atoms with E-state index in [0.717, 1.165) is 30.2 Å². The van der Waals surface area contributed by atoms with Crippen molar-refractivity contribution in [3.8, 4) is 0 Å². The van der Waals surface area contributed by atoms with Crippen molar-refractivity contribution in [1.82, 2.24) is 20.6 Å². The molecule has 19 heavy (non-hydrogen) atoms. The molecule has 1 aliphatic carbocycles. The average Bonchev–Trinajstić information content (AvgIpc) is 3.27. The van der Waals surface area contributed by atoms with Gasteiger partial charge in [-0.05, 0) is 31.4 Å². The molecule has 1 unspecified atom stereocenters. The highest BCUT2D eigenvalue weighted by Gasteiger charge is 2.20. The number of fused-ring (bicyclic) bond motifs is 1. The maximum absolute atomic E-state index is 4.43. The van der Waals surface area contributed by atoms with Crippen LogP contribution in [-0.2, 0) is 6.54 Å². The summed E-state index contributed by atoms with van der Waals surface area (Å²) in [6.45, 7) is 4.08. The van der Waals surface area contributed by atoms with Gasteiger partial charge in [-0.15, -0.1) is 0 Å². The Morgan fingerprint density at radius 3 is 2.95 bits per heavy atom. The normalized spacial score (nSPS) is 16.7. The fourth-order valence-corrected chi connectivity index (χ4v) is 2.18. The zero-order valence-corrected chi connectivity index (χ0v) is 11.3. The van der Waals surface area contributed by atoms with Crippen LogP contribution in [0.15, 0.2) is 30.6 Å². The van der Waals surface area contributed by atoms with Crippen LogP contribution in [0, 0.1) is 0 Å². The van der Waals surface area contributed by atoms with E-state index in [1.54, 1.807) is 12.4 Å². The van der Waals surface area contributed by atoms with Gasteiger partial charge < -0.3 is 10.6 Å². The molecule has 1 fully saturated rings. The topological polar surface area (TPSA) is 49.8 Å². The van der Waals surface area contributed by atoms with E-state index in [0.29, 0.717) is 6.04 Å². The van der Waals surface area contributed by atoms with Gasteiger partial charge in [0, 0.05) is 37.6 Å². The number of para-hydroxylation sites is 1. The van der Waals surface area contributed by atoms with Crippen LogP contribution in [0.5, 0.6) is 0 Å². The Morgan fingerprint density at radius 2 is 2.11 bits per heavy atom. The SMILES string of the molecule is CC(CNC1CC1)NCc1cccc2nccnc12. The molecule has 4 heteroatoms. The first-order chi connectivity index (χ1) is 9.33. The summed E-state index contributed by atoms with van der Waals surface area (Å²) in [5.41, 5.74) is 3.18. The number of rotatable bonds is 6. The van der Waals surface area contributed by atoms with E-state index in [-0.39, 0.29) is 0 Å². The molecule has 1 aromatic carbocycles. The highest BCUT2D eigenvalue weighted by atomic mass is 15.0. The van der Waals surface area contributed by atoms with Gasteiger partial charge in [0.25, 0.3) is 0 Å². The van der Waals surface area contributed by atoms with E-state index < -0.39 is 0 Å². The Hall–Kier alpha value is -1.52. The minimum atomic E-state index is 0.465. The maximum Gasteiger partial charge on any atom is 0.0931 e. The second kappa shape index (κ2) is 5.63. The van der Waals surface area contributed by atoms with Gasteiger partial charge in [-0.3, -0.25) is 9.97 Å². The summed E-state index contributed by atoms with van der Waals surface area (Å²) < 4.78 is 0. The second-order valence-electron chi connectivity index (χ2n) is 5.31. The molecule has 0 amide bonds. The third kappa shape index (κ3) is 3.28. The van der Waals surface area contributed by atoms with Crippen molar-refractivity contribution in [3.63, 3.8) is 0 Å². The summed E-state index contributed by atoms with van der Waals surface area (Å²) in [5, 5.41) is 7.08. The predicted octanol–water partition coefficient (Wildman–Crippen LogP) is 1.86. The Balaban J connectivity index is 1.61. The number of aromatic nitrogens is 2. The van der Waals surface area contributed by atoms with Gasteiger partial charge in [0.05, 0.1) is 11.0 Å². The number of nitrogens with zero attached hydrogens (tertiary/aromatic N) is 2. The standard InChI is InChI=1S/C15H20N4/c1-11(9-19-13-5-6-13)18-10-12-3-2-4-14-15(12)17-8-7-16-14/h2-4,7-8,11,13,18-19H,5-6,9-10H2,1H3. The van der Waals surface area contributed by atoms with Crippen LogP contribution in [-0.4, -0.2) is 28.6 Å². The molecule has 1 aliphatic rings. The molecule has 100 valence electrons. The molecule has 4 nitrogen and oxygen atoms in total. The zero-order valence-electron chi connectivity index (χ0n) is 11.3. The quantitative estimate of drug-likeness (QED) is 0.828. The van der Waals surface area contributed by atoms with E-state index in [2.05, 4.69) is 33.6 Å². The molecule has 0 saturated heterocycles. The van der Waals surface area contributed by atoms with Crippen LogP contribution in [0.2, 0.25) is 0 Å². The van der Waals surface area contributed by atoms with Gasteiger partial charge in [0.1, 0.15) is 0 Å². The summed E-state index contributed by atoms with van der Waals surface area (Å²) in [6, 6.07) is 7.40. The lowest BCUT2D eigenvalue weighted by Crippen LogP contribution is -2.36. The van der Waals surface area contributed by atoms with Crippen LogP contribution in [0.3, 0.4) is 0 Å². The van der Waals surface area contributed by atoms with Crippen molar-refractivity contribution in [2.45, 2.75) is 38.4 Å². The van der Waals surface area contributed by atoms with Crippen molar-refractivity contribution in [3.05, 3.63) is 36.2 Å². The van der Waals surface area contributed by atoms with Crippen LogP contribution in [0.1, 0.15) is 25.3 Å². The van der Waals surface area contributed by atoms with Crippen LogP contribution in [0.25, 0.3) is 11.0 Å². The minimum absolute atomic E-state index is 0.465. The summed E-state index contributed by atoms with van der Waals surface area (Å²) in [7, 11) is 0. The molecular formula is C15H20N4. The Labute approximate surface area is 113 Å². The Kier molecular flexibility index (Phi) is 3.71. The summed E-state index contributed by atoms with van der Waals surface area (Å²) in [5.74, 6) is 0. The summed E-state index contributed by atoms with van der Waals surface area (Å²) >= 11 is 0. The maximum atomic E-state index is 4.43. The molecule has 2 N–H and O–H groups in total. The number of benzene rings is 1. The highest BCUT2D eigenvalue weighted by Crippen LogP contribution is 2.18. The number of hydrogen-bond donors (Lipinski definition) is 2. The number of hydrogen-bond acceptors (Lipinski definition) is 4. The first-order valence-corrected chi connectivity index (χ1v) is 6.98. The van der Waals surface area contributed by atoms with Gasteiger partial charge in [-0.2, -0.15) is 0 Å². The van der Waals surface area contributed by atoms with E-state index >= 15 is 0 Å². The zero-order chi connectivity index (χ0) is 13.1. The molecule has 0 radical (unpaired) electrons. The molecule has 1 atom stereocenters. The smallest absolute Gasteiger partial charge is 0.0931 e. The van der Waals surface area contributed by atoms with Crippen molar-refractivity contribution in [2.24, 2.45) is 0 Å². The monoisotopic (exact) mass is 256 g/mol. The molecular weight excluding hydrogens is 236 g/mol. The lowest BCUT2D eigenvalue weighted by Gasteiger charge is -2.15. The molecule has 1 heterocycles. The highest BCUT2D eigenvalue weighted by molar-refractivity contribution is 5.77. The molecule has 2 aromatic rings. The molecule has 1 saturated carbocycles. The lowest BCUT2D eigenvalue weighted by molar-refractivity contribution is 0.500. The lowest BCUT2D eigenvalue weighted by atomic mass is 10.1. The summed E-state index contributed by atoms with van der Waals surface area (Å²) in [4.78, 5) is 8.76. The third-order valence-corrected chi connectivity index (χ3v) is 3.51. The van der Waals surface area contributed by atoms with Crippen LogP contribution in [0.4, 0.5) is 0 Å². The van der Waals surface area contributed by atoms with Crippen molar-refractivity contribution in [2.75, 3.05) is 6.54 Å². The fraction of sp³-hybridized carbons (Fsp3) is 0.467. The molecule has 0 bridgehead atoms. The van der Waals surface area contributed by atoms with Gasteiger partial charge in [-0.1, -0.05) is 12.1 Å². The molecule has 1 aromatic heterocycles. The molecule has 0 aliphatic heterocycles. The van der Waals surface area contributed by atoms with E-state index in [1.807, 2.05) is 12.1 Å². The largest absolute Gasteiger partial charge is 0.312 e. The second-order valence-corrected chi connectivity index (χ2v) is 5.31. The van der Waals surface area contributed by atoms with E-state index in [9.17, 15) is 0 Å². The van der Waals surface area contributed by atoms with Crippen molar-refractivity contribution < 1.29 is 0 Å². The van der Waals surface area contributed by atoms with E-state index in [1.165, 1.54) is 18.4 Å². The van der Waals surface area contributed by atoms with Gasteiger partial charge >= 0.3 is 0 Å². The first kappa shape index (κ1) is 12.5. The average molecular weight is 256 g/mol. The third-order valence-electron chi connectivity index (χ3n) is 3.51. The van der Waals surface area contributed by atoms with Crippen LogP contribution >= 0.6 is 0 Å². The fourth-order valence-electron chi connectivity index (χ4n) is 2.18. The van der Waals surface area contributed by atoms with E-state index in [4.69, 9.17) is 0 Å². The summed E-state index contributed by atoms with van der Waals surface area (Å²) in [6.07, 6.45) is 6.17. The van der Waals surface area contributed by atoms with Crippen LogP contribution < -0.4 is 10.6 Å². The van der Waals surface area contributed by atoms with Gasteiger partial charge in [0.15, 0.2) is 0 Å². The Bertz CT molecular complexity index is 545. The minimum Gasteiger partial charge on any atom is -0.312 e. The molecule has 3 rings (SSSR count). The predicted molar refractivity (Wildman–Crippen MR) is 76.9 cm³/mol. The van der Waals surface area contributed by atoms with Gasteiger partial charge in [0.2, 0.25) is 0 Å². The molecule has 0 spiro atoms. The first-order valence-electron chi connectivity index (χ1n) is 6.98.